The van der Waals surface area contributed by atoms with Gasteiger partial charge >= 0.3 is 0 Å². The maximum absolute atomic E-state index is 6.01. The van der Waals surface area contributed by atoms with Crippen LogP contribution in [0.2, 0.25) is 5.02 Å². The van der Waals surface area contributed by atoms with Crippen molar-refractivity contribution in [3.63, 3.8) is 0 Å². The third-order valence-electron chi connectivity index (χ3n) is 3.74. The lowest BCUT2D eigenvalue weighted by molar-refractivity contribution is 0.573. The summed E-state index contributed by atoms with van der Waals surface area (Å²) in [7, 11) is 0. The Morgan fingerprint density at radius 3 is 2.81 bits per heavy atom. The summed E-state index contributed by atoms with van der Waals surface area (Å²) in [5.41, 5.74) is 3.12. The molecule has 2 N–H and O–H groups in total. The van der Waals surface area contributed by atoms with E-state index in [1.165, 1.54) is 5.56 Å². The highest BCUT2D eigenvalue weighted by Crippen LogP contribution is 2.13. The SMILES string of the molecule is Cc1cnn(CCCNC(=S)Nc2cnn(Cc3cccc(Cl)c3)c2)c1. The van der Waals surface area contributed by atoms with Crippen LogP contribution in [-0.4, -0.2) is 31.2 Å². The Morgan fingerprint density at radius 1 is 1.19 bits per heavy atom. The molecule has 3 rings (SSSR count). The summed E-state index contributed by atoms with van der Waals surface area (Å²) < 4.78 is 3.78. The van der Waals surface area contributed by atoms with E-state index in [1.54, 1.807) is 6.20 Å². The van der Waals surface area contributed by atoms with Crippen molar-refractivity contribution in [1.82, 2.24) is 24.9 Å². The third-order valence-corrected chi connectivity index (χ3v) is 4.22. The molecular formula is C18H21ClN6S. The molecular weight excluding hydrogens is 368 g/mol. The van der Waals surface area contributed by atoms with Gasteiger partial charge in [0, 0.05) is 30.5 Å². The Labute approximate surface area is 163 Å². The van der Waals surface area contributed by atoms with E-state index >= 15 is 0 Å². The molecule has 0 spiro atoms. The highest BCUT2D eigenvalue weighted by Gasteiger charge is 2.03. The van der Waals surface area contributed by atoms with Gasteiger partial charge < -0.3 is 10.6 Å². The minimum Gasteiger partial charge on any atom is -0.362 e. The first kappa shape index (κ1) is 18.4. The van der Waals surface area contributed by atoms with Crippen molar-refractivity contribution in [2.75, 3.05) is 11.9 Å². The molecule has 0 amide bonds. The Bertz CT molecular complexity index is 872. The van der Waals surface area contributed by atoms with Crippen molar-refractivity contribution < 1.29 is 0 Å². The van der Waals surface area contributed by atoms with Crippen LogP contribution in [-0.2, 0) is 13.1 Å². The number of nitrogens with zero attached hydrogens (tertiary/aromatic N) is 4. The molecule has 0 atom stereocenters. The summed E-state index contributed by atoms with van der Waals surface area (Å²) in [6, 6.07) is 7.75. The van der Waals surface area contributed by atoms with E-state index in [0.717, 1.165) is 35.8 Å². The summed E-state index contributed by atoms with van der Waals surface area (Å²) >= 11 is 11.3. The first-order chi connectivity index (χ1) is 12.6. The quantitative estimate of drug-likeness (QED) is 0.479. The van der Waals surface area contributed by atoms with Crippen LogP contribution in [0.25, 0.3) is 0 Å². The second-order valence-electron chi connectivity index (χ2n) is 6.07. The lowest BCUT2D eigenvalue weighted by atomic mass is 10.2. The van der Waals surface area contributed by atoms with Crippen molar-refractivity contribution in [3.05, 3.63) is 65.2 Å². The Morgan fingerprint density at radius 2 is 2.04 bits per heavy atom. The molecule has 6 nitrogen and oxygen atoms in total. The molecule has 1 aromatic carbocycles. The highest BCUT2D eigenvalue weighted by molar-refractivity contribution is 7.80. The van der Waals surface area contributed by atoms with Gasteiger partial charge in [-0.05, 0) is 48.8 Å². The van der Waals surface area contributed by atoms with Crippen molar-refractivity contribution >= 4 is 34.6 Å². The van der Waals surface area contributed by atoms with E-state index in [4.69, 9.17) is 23.8 Å². The van der Waals surface area contributed by atoms with Gasteiger partial charge in [-0.3, -0.25) is 9.36 Å². The minimum absolute atomic E-state index is 0.587. The van der Waals surface area contributed by atoms with E-state index in [2.05, 4.69) is 20.8 Å². The summed E-state index contributed by atoms with van der Waals surface area (Å²) in [6.07, 6.45) is 8.51. The van der Waals surface area contributed by atoms with Crippen LogP contribution in [0.4, 0.5) is 5.69 Å². The van der Waals surface area contributed by atoms with Crippen LogP contribution in [0, 0.1) is 6.92 Å². The standard InChI is InChI=1S/C18H21ClN6S/c1-14-9-21-24(11-14)7-3-6-20-18(26)23-17-10-22-25(13-17)12-15-4-2-5-16(19)8-15/h2,4-5,8-11,13H,3,6-7,12H2,1H3,(H2,20,23,26). The molecule has 0 unspecified atom stereocenters. The monoisotopic (exact) mass is 388 g/mol. The largest absolute Gasteiger partial charge is 0.362 e. The lowest BCUT2D eigenvalue weighted by Crippen LogP contribution is -2.29. The van der Waals surface area contributed by atoms with E-state index in [9.17, 15) is 0 Å². The molecule has 8 heteroatoms. The number of thiocarbonyl (C=S) groups is 1. The van der Waals surface area contributed by atoms with Gasteiger partial charge in [0.2, 0.25) is 0 Å². The first-order valence-corrected chi connectivity index (χ1v) is 9.18. The Balaban J connectivity index is 1.41. The average Bonchev–Trinajstić information content (AvgIpc) is 3.21. The topological polar surface area (TPSA) is 59.7 Å². The lowest BCUT2D eigenvalue weighted by Gasteiger charge is -2.09. The molecule has 0 bridgehead atoms. The van der Waals surface area contributed by atoms with Gasteiger partial charge in [-0.1, -0.05) is 23.7 Å². The van der Waals surface area contributed by atoms with Crippen molar-refractivity contribution in [2.45, 2.75) is 26.4 Å². The smallest absolute Gasteiger partial charge is 0.170 e. The van der Waals surface area contributed by atoms with Gasteiger partial charge in [-0.2, -0.15) is 10.2 Å². The molecule has 136 valence electrons. The molecule has 0 saturated carbocycles. The first-order valence-electron chi connectivity index (χ1n) is 8.39. The van der Waals surface area contributed by atoms with E-state index in [0.29, 0.717) is 11.7 Å². The maximum atomic E-state index is 6.01. The zero-order valence-electron chi connectivity index (χ0n) is 14.5. The van der Waals surface area contributed by atoms with Gasteiger partial charge in [0.1, 0.15) is 0 Å². The second-order valence-corrected chi connectivity index (χ2v) is 6.92. The van der Waals surface area contributed by atoms with Crippen molar-refractivity contribution in [1.29, 1.82) is 0 Å². The Hall–Kier alpha value is -2.38. The number of hydrogen-bond acceptors (Lipinski definition) is 3. The number of anilines is 1. The van der Waals surface area contributed by atoms with E-state index in [1.807, 2.05) is 59.1 Å². The number of nitrogens with one attached hydrogen (secondary N) is 2. The van der Waals surface area contributed by atoms with Gasteiger partial charge in [0.15, 0.2) is 5.11 Å². The van der Waals surface area contributed by atoms with E-state index in [-0.39, 0.29) is 0 Å². The highest BCUT2D eigenvalue weighted by atomic mass is 35.5. The minimum atomic E-state index is 0.587. The molecule has 0 fully saturated rings. The zero-order chi connectivity index (χ0) is 18.4. The fourth-order valence-corrected chi connectivity index (χ4v) is 2.98. The third kappa shape index (κ3) is 5.57. The van der Waals surface area contributed by atoms with Gasteiger partial charge in [-0.15, -0.1) is 0 Å². The molecule has 0 radical (unpaired) electrons. The number of rotatable bonds is 7. The predicted molar refractivity (Wildman–Crippen MR) is 109 cm³/mol. The number of hydrogen-bond donors (Lipinski definition) is 2. The van der Waals surface area contributed by atoms with Crippen LogP contribution in [0.15, 0.2) is 49.1 Å². The van der Waals surface area contributed by atoms with Gasteiger partial charge in [0.05, 0.1) is 24.6 Å². The van der Waals surface area contributed by atoms with Crippen LogP contribution in [0.1, 0.15) is 17.5 Å². The van der Waals surface area contributed by atoms with Crippen molar-refractivity contribution in [2.24, 2.45) is 0 Å². The molecule has 0 saturated heterocycles. The normalized spacial score (nSPS) is 10.7. The molecule has 0 aliphatic rings. The molecule has 26 heavy (non-hydrogen) atoms. The zero-order valence-corrected chi connectivity index (χ0v) is 16.1. The summed E-state index contributed by atoms with van der Waals surface area (Å²) in [5, 5.41) is 16.3. The fraction of sp³-hybridized carbons (Fsp3) is 0.278. The number of aryl methyl sites for hydroxylation is 2. The van der Waals surface area contributed by atoms with Gasteiger partial charge in [-0.25, -0.2) is 0 Å². The molecule has 0 aliphatic carbocycles. The fourth-order valence-electron chi connectivity index (χ4n) is 2.54. The average molecular weight is 389 g/mol. The van der Waals surface area contributed by atoms with Crippen LogP contribution >= 0.6 is 23.8 Å². The van der Waals surface area contributed by atoms with Crippen LogP contribution in [0.5, 0.6) is 0 Å². The molecule has 3 aromatic rings. The van der Waals surface area contributed by atoms with Gasteiger partial charge in [0.25, 0.3) is 0 Å². The van der Waals surface area contributed by atoms with Crippen LogP contribution in [0.3, 0.4) is 0 Å². The predicted octanol–water partition coefficient (Wildman–Crippen LogP) is 3.47. The maximum Gasteiger partial charge on any atom is 0.170 e. The second kappa shape index (κ2) is 8.82. The summed E-state index contributed by atoms with van der Waals surface area (Å²) in [4.78, 5) is 0. The number of benzene rings is 1. The number of halogens is 1. The molecule has 2 aromatic heterocycles. The van der Waals surface area contributed by atoms with E-state index < -0.39 is 0 Å². The van der Waals surface area contributed by atoms with Crippen LogP contribution < -0.4 is 10.6 Å². The summed E-state index contributed by atoms with van der Waals surface area (Å²) in [6.45, 7) is 4.33. The number of aromatic nitrogens is 4. The molecule has 0 aliphatic heterocycles. The Kier molecular flexibility index (Phi) is 6.25. The molecule has 2 heterocycles. The van der Waals surface area contributed by atoms with Crippen molar-refractivity contribution in [3.8, 4) is 0 Å². The summed E-state index contributed by atoms with van der Waals surface area (Å²) in [5.74, 6) is 0.